The minimum absolute atomic E-state index is 0.271. The standard InChI is InChI=1S/C21H19N3O3/c1-2-3-12-24-20(26)17-9-6-15(13-18(17)21(24)27)19(25)23-16-7-4-14(5-8-16)10-11-22/h4-9,13H,2-3,10,12H2,1H3,(H,23,25). The van der Waals surface area contributed by atoms with Crippen molar-refractivity contribution >= 4 is 23.4 Å². The van der Waals surface area contributed by atoms with E-state index < -0.39 is 0 Å². The number of benzene rings is 2. The van der Waals surface area contributed by atoms with E-state index in [1.807, 2.05) is 6.92 Å². The Kier molecular flexibility index (Phi) is 5.32. The Balaban J connectivity index is 1.77. The van der Waals surface area contributed by atoms with Crippen LogP contribution >= 0.6 is 0 Å². The van der Waals surface area contributed by atoms with Gasteiger partial charge in [0.25, 0.3) is 17.7 Å². The average molecular weight is 361 g/mol. The van der Waals surface area contributed by atoms with Gasteiger partial charge in [0.1, 0.15) is 0 Å². The minimum atomic E-state index is -0.363. The van der Waals surface area contributed by atoms with Gasteiger partial charge < -0.3 is 5.32 Å². The van der Waals surface area contributed by atoms with Gasteiger partial charge in [-0.1, -0.05) is 25.5 Å². The number of carbonyl (C=O) groups is 3. The van der Waals surface area contributed by atoms with Gasteiger partial charge in [0, 0.05) is 17.8 Å². The number of amides is 3. The molecule has 0 saturated heterocycles. The highest BCUT2D eigenvalue weighted by Crippen LogP contribution is 2.25. The van der Waals surface area contributed by atoms with Crippen molar-refractivity contribution in [2.45, 2.75) is 26.2 Å². The summed E-state index contributed by atoms with van der Waals surface area (Å²) < 4.78 is 0. The van der Waals surface area contributed by atoms with Crippen molar-refractivity contribution in [3.8, 4) is 6.07 Å². The molecule has 2 aromatic carbocycles. The van der Waals surface area contributed by atoms with Crippen molar-refractivity contribution in [1.82, 2.24) is 4.90 Å². The van der Waals surface area contributed by atoms with Crippen LogP contribution in [0.4, 0.5) is 5.69 Å². The molecule has 6 nitrogen and oxygen atoms in total. The van der Waals surface area contributed by atoms with E-state index in [-0.39, 0.29) is 23.3 Å². The molecule has 0 spiro atoms. The normalized spacial score (nSPS) is 12.7. The second-order valence-electron chi connectivity index (χ2n) is 6.36. The van der Waals surface area contributed by atoms with Gasteiger partial charge in [-0.15, -0.1) is 0 Å². The molecule has 0 saturated carbocycles. The maximum absolute atomic E-state index is 12.5. The van der Waals surface area contributed by atoms with Gasteiger partial charge in [-0.2, -0.15) is 5.26 Å². The van der Waals surface area contributed by atoms with Crippen molar-refractivity contribution in [1.29, 1.82) is 5.26 Å². The van der Waals surface area contributed by atoms with Crippen LogP contribution in [0.5, 0.6) is 0 Å². The number of rotatable bonds is 6. The summed E-state index contributed by atoms with van der Waals surface area (Å²) in [6, 6.07) is 13.6. The van der Waals surface area contributed by atoms with Crippen molar-refractivity contribution < 1.29 is 14.4 Å². The maximum atomic E-state index is 12.5. The number of hydrogen-bond acceptors (Lipinski definition) is 4. The van der Waals surface area contributed by atoms with Gasteiger partial charge in [-0.25, -0.2) is 0 Å². The van der Waals surface area contributed by atoms with E-state index in [2.05, 4.69) is 11.4 Å². The van der Waals surface area contributed by atoms with Gasteiger partial charge in [0.05, 0.1) is 23.6 Å². The number of anilines is 1. The zero-order chi connectivity index (χ0) is 19.4. The van der Waals surface area contributed by atoms with Crippen LogP contribution in [0.25, 0.3) is 0 Å². The van der Waals surface area contributed by atoms with Crippen molar-refractivity contribution in [3.63, 3.8) is 0 Å². The third kappa shape index (κ3) is 3.72. The summed E-state index contributed by atoms with van der Waals surface area (Å²) in [5.74, 6) is -1.01. The number of fused-ring (bicyclic) bond motifs is 1. The topological polar surface area (TPSA) is 90.3 Å². The summed E-state index contributed by atoms with van der Waals surface area (Å²) in [6.07, 6.45) is 1.94. The van der Waals surface area contributed by atoms with Gasteiger partial charge in [-0.3, -0.25) is 19.3 Å². The smallest absolute Gasteiger partial charge is 0.261 e. The molecule has 0 bridgehead atoms. The first-order valence-corrected chi connectivity index (χ1v) is 8.82. The number of hydrogen-bond donors (Lipinski definition) is 1. The molecule has 3 amide bonds. The minimum Gasteiger partial charge on any atom is -0.322 e. The van der Waals surface area contributed by atoms with E-state index in [0.717, 1.165) is 18.4 Å². The molecule has 0 fully saturated rings. The zero-order valence-corrected chi connectivity index (χ0v) is 15.0. The molecule has 1 N–H and O–H groups in total. The number of imide groups is 1. The number of nitrogens with zero attached hydrogens (tertiary/aromatic N) is 2. The third-order valence-electron chi connectivity index (χ3n) is 4.46. The molecule has 3 rings (SSSR count). The molecule has 0 aromatic heterocycles. The SMILES string of the molecule is CCCCN1C(=O)c2ccc(C(=O)Nc3ccc(CC#N)cc3)cc2C1=O. The molecule has 0 unspecified atom stereocenters. The van der Waals surface area contributed by atoms with E-state index in [0.29, 0.717) is 29.8 Å². The Morgan fingerprint density at radius 2 is 1.78 bits per heavy atom. The Hall–Kier alpha value is -3.46. The van der Waals surface area contributed by atoms with Crippen LogP contribution in [-0.2, 0) is 6.42 Å². The van der Waals surface area contributed by atoms with Crippen LogP contribution in [0.1, 0.15) is 56.4 Å². The van der Waals surface area contributed by atoms with Crippen LogP contribution in [0.2, 0.25) is 0 Å². The fourth-order valence-corrected chi connectivity index (χ4v) is 2.95. The molecule has 0 atom stereocenters. The Labute approximate surface area is 157 Å². The van der Waals surface area contributed by atoms with Crippen molar-refractivity contribution in [3.05, 3.63) is 64.7 Å². The monoisotopic (exact) mass is 361 g/mol. The van der Waals surface area contributed by atoms with Crippen LogP contribution in [0.15, 0.2) is 42.5 Å². The summed E-state index contributed by atoms with van der Waals surface area (Å²) in [5, 5.41) is 11.5. The first kappa shape index (κ1) is 18.3. The van der Waals surface area contributed by atoms with Crippen LogP contribution in [-0.4, -0.2) is 29.2 Å². The van der Waals surface area contributed by atoms with Crippen molar-refractivity contribution in [2.75, 3.05) is 11.9 Å². The first-order valence-electron chi connectivity index (χ1n) is 8.82. The molecule has 1 aliphatic heterocycles. The second-order valence-corrected chi connectivity index (χ2v) is 6.36. The maximum Gasteiger partial charge on any atom is 0.261 e. The predicted molar refractivity (Wildman–Crippen MR) is 100 cm³/mol. The van der Waals surface area contributed by atoms with E-state index in [1.54, 1.807) is 30.3 Å². The average Bonchev–Trinajstić information content (AvgIpc) is 2.92. The number of nitrogens with one attached hydrogen (secondary N) is 1. The van der Waals surface area contributed by atoms with Gasteiger partial charge in [0.15, 0.2) is 0 Å². The number of nitriles is 1. The molecular formula is C21H19N3O3. The second kappa shape index (κ2) is 7.83. The Bertz CT molecular complexity index is 942. The van der Waals surface area contributed by atoms with E-state index in [4.69, 9.17) is 5.26 Å². The molecule has 136 valence electrons. The molecular weight excluding hydrogens is 342 g/mol. The molecule has 0 radical (unpaired) electrons. The largest absolute Gasteiger partial charge is 0.322 e. The van der Waals surface area contributed by atoms with Crippen LogP contribution in [0, 0.1) is 11.3 Å². The molecule has 2 aromatic rings. The lowest BCUT2D eigenvalue weighted by Crippen LogP contribution is -2.30. The number of carbonyl (C=O) groups excluding carboxylic acids is 3. The quantitative estimate of drug-likeness (QED) is 0.799. The summed E-state index contributed by atoms with van der Waals surface area (Å²) in [4.78, 5) is 38.6. The van der Waals surface area contributed by atoms with Crippen LogP contribution < -0.4 is 5.32 Å². The van der Waals surface area contributed by atoms with Crippen molar-refractivity contribution in [2.24, 2.45) is 0 Å². The molecule has 0 aliphatic carbocycles. The summed E-state index contributed by atoms with van der Waals surface area (Å²) in [5.41, 5.74) is 2.38. The highest BCUT2D eigenvalue weighted by molar-refractivity contribution is 6.22. The number of unbranched alkanes of at least 4 members (excludes halogenated alkanes) is 1. The lowest BCUT2D eigenvalue weighted by molar-refractivity contribution is 0.0652. The first-order chi connectivity index (χ1) is 13.0. The van der Waals surface area contributed by atoms with Gasteiger partial charge in [0.2, 0.25) is 0 Å². The lowest BCUT2D eigenvalue weighted by atomic mass is 10.1. The Morgan fingerprint density at radius 3 is 2.44 bits per heavy atom. The summed E-state index contributed by atoms with van der Waals surface area (Å²) in [7, 11) is 0. The Morgan fingerprint density at radius 1 is 1.07 bits per heavy atom. The highest BCUT2D eigenvalue weighted by atomic mass is 16.2. The van der Waals surface area contributed by atoms with E-state index >= 15 is 0 Å². The lowest BCUT2D eigenvalue weighted by Gasteiger charge is -2.12. The fraction of sp³-hybridized carbons (Fsp3) is 0.238. The van der Waals surface area contributed by atoms with E-state index in [9.17, 15) is 14.4 Å². The van der Waals surface area contributed by atoms with Crippen LogP contribution in [0.3, 0.4) is 0 Å². The van der Waals surface area contributed by atoms with E-state index in [1.165, 1.54) is 17.0 Å². The molecule has 27 heavy (non-hydrogen) atoms. The third-order valence-corrected chi connectivity index (χ3v) is 4.46. The molecule has 1 heterocycles. The molecule has 6 heteroatoms. The zero-order valence-electron chi connectivity index (χ0n) is 15.0. The predicted octanol–water partition coefficient (Wildman–Crippen LogP) is 3.40. The molecule has 1 aliphatic rings. The fourth-order valence-electron chi connectivity index (χ4n) is 2.95. The van der Waals surface area contributed by atoms with Gasteiger partial charge >= 0.3 is 0 Å². The summed E-state index contributed by atoms with van der Waals surface area (Å²) >= 11 is 0. The summed E-state index contributed by atoms with van der Waals surface area (Å²) in [6.45, 7) is 2.38. The van der Waals surface area contributed by atoms with Gasteiger partial charge in [-0.05, 0) is 42.3 Å². The highest BCUT2D eigenvalue weighted by Gasteiger charge is 2.35.